The number of carbonyl (C=O) groups is 1. The average Bonchev–Trinajstić information content (AvgIpc) is 3.16. The summed E-state index contributed by atoms with van der Waals surface area (Å²) in [5, 5.41) is 9.02. The summed E-state index contributed by atoms with van der Waals surface area (Å²) >= 11 is 0.122. The number of rotatable bonds is 6. The summed E-state index contributed by atoms with van der Waals surface area (Å²) in [5.41, 5.74) is -2.08. The summed E-state index contributed by atoms with van der Waals surface area (Å²) in [6, 6.07) is 2.36. The Hall–Kier alpha value is -2.46. The van der Waals surface area contributed by atoms with Crippen molar-refractivity contribution in [3.05, 3.63) is 34.8 Å². The predicted molar refractivity (Wildman–Crippen MR) is 112 cm³/mol. The van der Waals surface area contributed by atoms with Gasteiger partial charge in [-0.3, -0.25) is 10.1 Å². The lowest BCUT2D eigenvalue weighted by Crippen LogP contribution is -2.52. The first kappa shape index (κ1) is 25.6. The van der Waals surface area contributed by atoms with Crippen molar-refractivity contribution < 1.29 is 39.6 Å². The molecule has 1 aliphatic carbocycles. The van der Waals surface area contributed by atoms with E-state index in [0.29, 0.717) is 18.9 Å². The van der Waals surface area contributed by atoms with Gasteiger partial charge in [-0.05, 0) is 38.4 Å². The molecule has 4 rings (SSSR count). The van der Waals surface area contributed by atoms with Crippen LogP contribution in [0.1, 0.15) is 29.8 Å². The molecule has 0 spiro atoms. The summed E-state index contributed by atoms with van der Waals surface area (Å²) in [6.07, 6.45) is -9.04. The monoisotopic (exact) mass is 543 g/mol. The molecule has 1 saturated heterocycles. The van der Waals surface area contributed by atoms with E-state index < -0.39 is 73.5 Å². The van der Waals surface area contributed by atoms with Gasteiger partial charge in [-0.15, -0.1) is 10.2 Å². The van der Waals surface area contributed by atoms with Crippen LogP contribution in [0.3, 0.4) is 0 Å². The van der Waals surface area contributed by atoms with E-state index in [-0.39, 0.29) is 16.5 Å². The van der Waals surface area contributed by atoms with E-state index in [2.05, 4.69) is 20.8 Å². The number of hydrogen-bond acceptors (Lipinski definition) is 8. The third kappa shape index (κ3) is 4.95. The molecule has 192 valence electrons. The van der Waals surface area contributed by atoms with Crippen LogP contribution < -0.4 is 15.5 Å². The molecule has 8 nitrogen and oxygen atoms in total. The smallest absolute Gasteiger partial charge is 0.336 e. The molecule has 1 aromatic carbocycles. The number of halogens is 6. The molecule has 2 aromatic rings. The van der Waals surface area contributed by atoms with Crippen LogP contribution in [0.4, 0.5) is 31.5 Å². The van der Waals surface area contributed by atoms with E-state index >= 15 is 0 Å². The van der Waals surface area contributed by atoms with E-state index in [1.165, 1.54) is 0 Å². The molecule has 2 fully saturated rings. The lowest BCUT2D eigenvalue weighted by Gasteiger charge is -2.25. The summed E-state index contributed by atoms with van der Waals surface area (Å²) in [5.74, 6) is -0.678. The molecule has 0 unspecified atom stereocenters. The molecule has 1 aliphatic heterocycles. The lowest BCUT2D eigenvalue weighted by atomic mass is 10.2. The van der Waals surface area contributed by atoms with Gasteiger partial charge < -0.3 is 10.2 Å². The number of nitrogens with one attached hydrogen (secondary N) is 2. The number of hydrogen-bond donors (Lipinski definition) is 2. The number of anilines is 1. The molecule has 35 heavy (non-hydrogen) atoms. The molecule has 1 saturated carbocycles. The number of carbonyl (C=O) groups excluding carboxylic acids is 1. The zero-order valence-electron chi connectivity index (χ0n) is 17.9. The normalized spacial score (nSPS) is 22.3. The number of sulfone groups is 1. The Kier molecular flexibility index (Phi) is 6.29. The quantitative estimate of drug-likeness (QED) is 0.427. The third-order valence-corrected chi connectivity index (χ3v) is 9.19. The molecule has 1 amide bonds. The molecule has 0 radical (unpaired) electrons. The highest BCUT2D eigenvalue weighted by atomic mass is 32.2. The number of aromatic nitrogens is 2. The van der Waals surface area contributed by atoms with Gasteiger partial charge in [0.15, 0.2) is 9.84 Å². The van der Waals surface area contributed by atoms with Crippen LogP contribution >= 0.6 is 11.3 Å². The maximum atomic E-state index is 13.5. The SMILES string of the molecule is CNC1(NC(=O)[C@@H]2C[C@@H](S(=O)(=O)c3ccccc3C(F)(F)F)CN2c2nnc(C(F)(F)F)s2)CC1. The molecular weight excluding hydrogens is 524 g/mol. The number of alkyl halides is 6. The second kappa shape index (κ2) is 8.58. The fraction of sp³-hybridized carbons (Fsp3) is 0.526. The highest BCUT2D eigenvalue weighted by Crippen LogP contribution is 2.41. The molecule has 2 N–H and O–H groups in total. The minimum Gasteiger partial charge on any atom is -0.336 e. The van der Waals surface area contributed by atoms with Gasteiger partial charge in [-0.1, -0.05) is 23.5 Å². The van der Waals surface area contributed by atoms with Crippen molar-refractivity contribution >= 4 is 32.2 Å². The van der Waals surface area contributed by atoms with Gasteiger partial charge in [0.05, 0.1) is 21.4 Å². The van der Waals surface area contributed by atoms with Gasteiger partial charge in [0.25, 0.3) is 0 Å². The Balaban J connectivity index is 1.70. The number of benzene rings is 1. The first-order chi connectivity index (χ1) is 16.2. The second-order valence-electron chi connectivity index (χ2n) is 8.27. The molecule has 0 bridgehead atoms. The van der Waals surface area contributed by atoms with Crippen LogP contribution in [0.15, 0.2) is 29.2 Å². The number of nitrogens with zero attached hydrogens (tertiary/aromatic N) is 3. The highest BCUT2D eigenvalue weighted by molar-refractivity contribution is 7.92. The van der Waals surface area contributed by atoms with Crippen LogP contribution in [0.2, 0.25) is 0 Å². The Bertz CT molecular complexity index is 1230. The fourth-order valence-corrected chi connectivity index (χ4v) is 6.62. The van der Waals surface area contributed by atoms with Crippen LogP contribution in [0.25, 0.3) is 0 Å². The zero-order valence-corrected chi connectivity index (χ0v) is 19.6. The van der Waals surface area contributed by atoms with Crippen molar-refractivity contribution in [2.45, 2.75) is 53.5 Å². The van der Waals surface area contributed by atoms with E-state index in [1.807, 2.05) is 0 Å². The fourth-order valence-electron chi connectivity index (χ4n) is 3.94. The third-order valence-electron chi connectivity index (χ3n) is 6.00. The van der Waals surface area contributed by atoms with Gasteiger partial charge in [0.2, 0.25) is 16.0 Å². The maximum Gasteiger partial charge on any atom is 0.445 e. The molecular formula is C19H19F6N5O3S2. The van der Waals surface area contributed by atoms with E-state index in [1.54, 1.807) is 7.05 Å². The molecule has 2 atom stereocenters. The van der Waals surface area contributed by atoms with Crippen LogP contribution in [-0.2, 0) is 27.0 Å². The van der Waals surface area contributed by atoms with Crippen LogP contribution in [0, 0.1) is 0 Å². The van der Waals surface area contributed by atoms with Gasteiger partial charge in [0.1, 0.15) is 6.04 Å². The Labute approximate surface area is 199 Å². The van der Waals surface area contributed by atoms with E-state index in [0.717, 1.165) is 23.1 Å². The van der Waals surface area contributed by atoms with Crippen molar-refractivity contribution in [3.63, 3.8) is 0 Å². The summed E-state index contributed by atoms with van der Waals surface area (Å²) < 4.78 is 106. The standard InChI is InChI=1S/C19H19F6N5O3S2/c1-26-17(6-7-17)27-14(31)12-8-10(9-30(12)16-29-28-15(34-16)19(23,24)25)35(32,33)13-5-3-2-4-11(13)18(20,21)22/h2-5,10,12,26H,6-9H2,1H3,(H,27,31)/t10-,12+/m1/s1. The summed E-state index contributed by atoms with van der Waals surface area (Å²) in [4.78, 5) is 13.2. The summed E-state index contributed by atoms with van der Waals surface area (Å²) in [6.45, 7) is -0.536. The molecule has 2 aliphatic rings. The maximum absolute atomic E-state index is 13.5. The second-order valence-corrected chi connectivity index (χ2v) is 11.4. The van der Waals surface area contributed by atoms with Gasteiger partial charge >= 0.3 is 12.4 Å². The zero-order chi connectivity index (χ0) is 25.8. The Morgan fingerprint density at radius 1 is 1.11 bits per heavy atom. The van der Waals surface area contributed by atoms with Gasteiger partial charge in [-0.2, -0.15) is 26.3 Å². The topological polar surface area (TPSA) is 104 Å². The first-order valence-corrected chi connectivity index (χ1v) is 12.6. The first-order valence-electron chi connectivity index (χ1n) is 10.3. The number of amides is 1. The van der Waals surface area contributed by atoms with Crippen LogP contribution in [-0.4, -0.2) is 55.1 Å². The van der Waals surface area contributed by atoms with E-state index in [4.69, 9.17) is 0 Å². The van der Waals surface area contributed by atoms with Crippen molar-refractivity contribution in [3.8, 4) is 0 Å². The van der Waals surface area contributed by atoms with Crippen LogP contribution in [0.5, 0.6) is 0 Å². The van der Waals surface area contributed by atoms with Gasteiger partial charge in [0, 0.05) is 6.54 Å². The van der Waals surface area contributed by atoms with Crippen molar-refractivity contribution in [1.29, 1.82) is 0 Å². The Morgan fingerprint density at radius 2 is 1.77 bits per heavy atom. The van der Waals surface area contributed by atoms with Crippen molar-refractivity contribution in [2.75, 3.05) is 18.5 Å². The Morgan fingerprint density at radius 3 is 2.31 bits per heavy atom. The molecule has 16 heteroatoms. The molecule has 2 heterocycles. The highest BCUT2D eigenvalue weighted by Gasteiger charge is 2.50. The average molecular weight is 544 g/mol. The van der Waals surface area contributed by atoms with Crippen molar-refractivity contribution in [1.82, 2.24) is 20.8 Å². The predicted octanol–water partition coefficient (Wildman–Crippen LogP) is 2.82. The van der Waals surface area contributed by atoms with Crippen molar-refractivity contribution in [2.24, 2.45) is 0 Å². The molecule has 1 aromatic heterocycles. The van der Waals surface area contributed by atoms with Gasteiger partial charge in [-0.25, -0.2) is 8.42 Å². The summed E-state index contributed by atoms with van der Waals surface area (Å²) in [7, 11) is -3.04. The van der Waals surface area contributed by atoms with E-state index in [9.17, 15) is 39.6 Å². The minimum atomic E-state index is -4.95. The lowest BCUT2D eigenvalue weighted by molar-refractivity contribution is -0.140. The largest absolute Gasteiger partial charge is 0.445 e. The minimum absolute atomic E-state index is 0.122.